The molecule has 1 aromatic rings. The van der Waals surface area contributed by atoms with Gasteiger partial charge in [-0.05, 0) is 63.5 Å². The molecule has 0 aromatic heterocycles. The molecule has 3 heteroatoms. The molecule has 0 saturated carbocycles. The molecule has 96 valence electrons. The quantitative estimate of drug-likeness (QED) is 0.875. The Morgan fingerprint density at radius 1 is 1.41 bits per heavy atom. The Morgan fingerprint density at radius 2 is 2.12 bits per heavy atom. The fourth-order valence-corrected chi connectivity index (χ4v) is 2.30. The zero-order valence-corrected chi connectivity index (χ0v) is 12.6. The first-order valence-electron chi connectivity index (χ1n) is 6.20. The van der Waals surface area contributed by atoms with E-state index in [0.29, 0.717) is 6.04 Å². The maximum Gasteiger partial charge on any atom is 0.0178 e. The van der Waals surface area contributed by atoms with Gasteiger partial charge < -0.3 is 10.6 Å². The highest BCUT2D eigenvalue weighted by Gasteiger charge is 2.08. The van der Waals surface area contributed by atoms with Gasteiger partial charge in [-0.25, -0.2) is 0 Å². The van der Waals surface area contributed by atoms with Crippen molar-refractivity contribution in [1.82, 2.24) is 4.90 Å². The lowest BCUT2D eigenvalue weighted by molar-refractivity contribution is 0.251. The SMILES string of the molecule is Cc1ccc(Br)cc1CCN(C)C(C)CCN. The molecule has 1 unspecified atom stereocenters. The lowest BCUT2D eigenvalue weighted by Crippen LogP contribution is -2.32. The number of halogens is 1. The van der Waals surface area contributed by atoms with Gasteiger partial charge in [-0.2, -0.15) is 0 Å². The lowest BCUT2D eigenvalue weighted by Gasteiger charge is -2.24. The Balaban J connectivity index is 2.52. The van der Waals surface area contributed by atoms with Gasteiger partial charge in [0.2, 0.25) is 0 Å². The van der Waals surface area contributed by atoms with E-state index in [0.717, 1.165) is 30.4 Å². The van der Waals surface area contributed by atoms with Crippen molar-refractivity contribution in [3.05, 3.63) is 33.8 Å². The van der Waals surface area contributed by atoms with Crippen LogP contribution >= 0.6 is 15.9 Å². The molecule has 0 heterocycles. The number of hydrogen-bond acceptors (Lipinski definition) is 2. The molecule has 1 rings (SSSR count). The average Bonchev–Trinajstić information content (AvgIpc) is 2.30. The molecule has 2 N–H and O–H groups in total. The monoisotopic (exact) mass is 298 g/mol. The number of aryl methyl sites for hydroxylation is 1. The summed E-state index contributed by atoms with van der Waals surface area (Å²) in [4.78, 5) is 2.38. The van der Waals surface area contributed by atoms with E-state index in [2.05, 4.69) is 59.9 Å². The van der Waals surface area contributed by atoms with Crippen LogP contribution in [0.1, 0.15) is 24.5 Å². The van der Waals surface area contributed by atoms with Crippen molar-refractivity contribution < 1.29 is 0 Å². The van der Waals surface area contributed by atoms with Crippen molar-refractivity contribution in [2.24, 2.45) is 5.73 Å². The van der Waals surface area contributed by atoms with Crippen molar-refractivity contribution in [3.8, 4) is 0 Å². The van der Waals surface area contributed by atoms with E-state index in [4.69, 9.17) is 5.73 Å². The summed E-state index contributed by atoms with van der Waals surface area (Å²) >= 11 is 3.53. The fraction of sp³-hybridized carbons (Fsp3) is 0.571. The van der Waals surface area contributed by atoms with Crippen molar-refractivity contribution in [2.45, 2.75) is 32.7 Å². The smallest absolute Gasteiger partial charge is 0.0178 e. The number of benzene rings is 1. The van der Waals surface area contributed by atoms with Gasteiger partial charge in [-0.3, -0.25) is 0 Å². The predicted octanol–water partition coefficient (Wildman–Crippen LogP) is 2.97. The number of nitrogens with two attached hydrogens (primary N) is 1. The van der Waals surface area contributed by atoms with Gasteiger partial charge in [0.1, 0.15) is 0 Å². The Hall–Kier alpha value is -0.380. The van der Waals surface area contributed by atoms with E-state index in [-0.39, 0.29) is 0 Å². The molecule has 0 saturated heterocycles. The van der Waals surface area contributed by atoms with Crippen LogP contribution in [0.5, 0.6) is 0 Å². The van der Waals surface area contributed by atoms with Crippen LogP contribution in [0, 0.1) is 6.92 Å². The van der Waals surface area contributed by atoms with Gasteiger partial charge in [0.15, 0.2) is 0 Å². The lowest BCUT2D eigenvalue weighted by atomic mass is 10.1. The van der Waals surface area contributed by atoms with E-state index in [1.54, 1.807) is 0 Å². The highest BCUT2D eigenvalue weighted by molar-refractivity contribution is 9.10. The van der Waals surface area contributed by atoms with Gasteiger partial charge in [-0.1, -0.05) is 22.0 Å². The van der Waals surface area contributed by atoms with Gasteiger partial charge in [0.25, 0.3) is 0 Å². The molecule has 0 radical (unpaired) electrons. The summed E-state index contributed by atoms with van der Waals surface area (Å²) in [5.41, 5.74) is 8.38. The van der Waals surface area contributed by atoms with E-state index in [1.807, 2.05) is 0 Å². The summed E-state index contributed by atoms with van der Waals surface area (Å²) in [5, 5.41) is 0. The van der Waals surface area contributed by atoms with Gasteiger partial charge >= 0.3 is 0 Å². The third kappa shape index (κ3) is 4.78. The third-order valence-electron chi connectivity index (χ3n) is 3.38. The zero-order valence-electron chi connectivity index (χ0n) is 11.0. The zero-order chi connectivity index (χ0) is 12.8. The number of nitrogens with zero attached hydrogens (tertiary/aromatic N) is 1. The highest BCUT2D eigenvalue weighted by Crippen LogP contribution is 2.17. The van der Waals surface area contributed by atoms with Crippen LogP contribution in [0.3, 0.4) is 0 Å². The molecule has 0 aliphatic rings. The number of rotatable bonds is 6. The van der Waals surface area contributed by atoms with E-state index in [9.17, 15) is 0 Å². The minimum atomic E-state index is 0.562. The fourth-order valence-electron chi connectivity index (χ4n) is 1.89. The van der Waals surface area contributed by atoms with Gasteiger partial charge in [0.05, 0.1) is 0 Å². The van der Waals surface area contributed by atoms with Crippen molar-refractivity contribution in [3.63, 3.8) is 0 Å². The summed E-state index contributed by atoms with van der Waals surface area (Å²) in [7, 11) is 2.17. The summed E-state index contributed by atoms with van der Waals surface area (Å²) in [6, 6.07) is 7.05. The first kappa shape index (κ1) is 14.7. The summed E-state index contributed by atoms with van der Waals surface area (Å²) < 4.78 is 1.16. The molecule has 17 heavy (non-hydrogen) atoms. The third-order valence-corrected chi connectivity index (χ3v) is 3.88. The van der Waals surface area contributed by atoms with Crippen molar-refractivity contribution in [2.75, 3.05) is 20.1 Å². The maximum atomic E-state index is 5.59. The number of likely N-dealkylation sites (N-methyl/N-ethyl adjacent to an activating group) is 1. The maximum absolute atomic E-state index is 5.59. The second kappa shape index (κ2) is 7.14. The Labute approximate surface area is 113 Å². The minimum absolute atomic E-state index is 0.562. The van der Waals surface area contributed by atoms with Gasteiger partial charge in [0, 0.05) is 17.1 Å². The Morgan fingerprint density at radius 3 is 2.76 bits per heavy atom. The molecule has 0 fully saturated rings. The van der Waals surface area contributed by atoms with Crippen LogP contribution in [-0.4, -0.2) is 31.1 Å². The normalized spacial score (nSPS) is 13.1. The Kier molecular flexibility index (Phi) is 6.17. The van der Waals surface area contributed by atoms with E-state index in [1.165, 1.54) is 11.1 Å². The molecule has 1 atom stereocenters. The van der Waals surface area contributed by atoms with Gasteiger partial charge in [-0.15, -0.1) is 0 Å². The minimum Gasteiger partial charge on any atom is -0.330 e. The molecule has 0 bridgehead atoms. The van der Waals surface area contributed by atoms with Crippen LogP contribution in [0.2, 0.25) is 0 Å². The number of hydrogen-bond donors (Lipinski definition) is 1. The molecular formula is C14H23BrN2. The molecule has 0 aliphatic heterocycles. The van der Waals surface area contributed by atoms with E-state index < -0.39 is 0 Å². The van der Waals surface area contributed by atoms with E-state index >= 15 is 0 Å². The largest absolute Gasteiger partial charge is 0.330 e. The molecule has 2 nitrogen and oxygen atoms in total. The molecule has 0 aliphatic carbocycles. The van der Waals surface area contributed by atoms with Crippen LogP contribution in [0.4, 0.5) is 0 Å². The molecule has 0 spiro atoms. The summed E-state index contributed by atoms with van der Waals surface area (Å²) in [6.45, 7) is 6.26. The predicted molar refractivity (Wildman–Crippen MR) is 78.3 cm³/mol. The topological polar surface area (TPSA) is 29.3 Å². The summed E-state index contributed by atoms with van der Waals surface area (Å²) in [5.74, 6) is 0. The van der Waals surface area contributed by atoms with Crippen molar-refractivity contribution >= 4 is 15.9 Å². The summed E-state index contributed by atoms with van der Waals surface area (Å²) in [6.07, 6.45) is 2.16. The molecule has 1 aromatic carbocycles. The van der Waals surface area contributed by atoms with Crippen LogP contribution in [0.15, 0.2) is 22.7 Å². The molecular weight excluding hydrogens is 276 g/mol. The van der Waals surface area contributed by atoms with Crippen LogP contribution in [-0.2, 0) is 6.42 Å². The standard InChI is InChI=1S/C14H23BrN2/c1-11-4-5-14(15)10-13(11)7-9-17(3)12(2)6-8-16/h4-5,10,12H,6-9,16H2,1-3H3. The second-order valence-electron chi connectivity index (χ2n) is 4.73. The second-order valence-corrected chi connectivity index (χ2v) is 5.64. The average molecular weight is 299 g/mol. The first-order valence-corrected chi connectivity index (χ1v) is 6.99. The molecule has 0 amide bonds. The van der Waals surface area contributed by atoms with Crippen LogP contribution in [0.25, 0.3) is 0 Å². The van der Waals surface area contributed by atoms with Crippen LogP contribution < -0.4 is 5.73 Å². The first-order chi connectivity index (χ1) is 8.04. The Bertz CT molecular complexity index is 352. The van der Waals surface area contributed by atoms with Crippen molar-refractivity contribution in [1.29, 1.82) is 0 Å². The highest BCUT2D eigenvalue weighted by atomic mass is 79.9.